The van der Waals surface area contributed by atoms with Gasteiger partial charge in [-0.15, -0.1) is 11.3 Å². The highest BCUT2D eigenvalue weighted by Crippen LogP contribution is 2.28. The molecule has 29 heavy (non-hydrogen) atoms. The lowest BCUT2D eigenvalue weighted by atomic mass is 10.1. The SMILES string of the molecule is O=S(=O)(c1ccccc1Br)N1CCN(c2nc(Cc3cccc(Br)c3)cs2)CC1. The van der Waals surface area contributed by atoms with Gasteiger partial charge in [-0.25, -0.2) is 13.4 Å². The van der Waals surface area contributed by atoms with Crippen LogP contribution >= 0.6 is 43.2 Å². The van der Waals surface area contributed by atoms with Crippen molar-refractivity contribution in [2.24, 2.45) is 0 Å². The lowest BCUT2D eigenvalue weighted by Gasteiger charge is -2.34. The minimum atomic E-state index is -3.50. The Morgan fingerprint density at radius 3 is 2.48 bits per heavy atom. The van der Waals surface area contributed by atoms with E-state index in [4.69, 9.17) is 4.98 Å². The zero-order chi connectivity index (χ0) is 20.4. The van der Waals surface area contributed by atoms with Gasteiger partial charge < -0.3 is 4.90 Å². The number of nitrogens with zero attached hydrogens (tertiary/aromatic N) is 3. The van der Waals surface area contributed by atoms with Gasteiger partial charge in [-0.3, -0.25) is 0 Å². The molecule has 0 spiro atoms. The predicted octanol–water partition coefficient (Wildman–Crippen LogP) is 4.77. The van der Waals surface area contributed by atoms with Crippen molar-refractivity contribution < 1.29 is 8.42 Å². The summed E-state index contributed by atoms with van der Waals surface area (Å²) in [4.78, 5) is 7.26. The van der Waals surface area contributed by atoms with Crippen LogP contribution in [0.15, 0.2) is 67.8 Å². The van der Waals surface area contributed by atoms with Crippen molar-refractivity contribution in [3.63, 3.8) is 0 Å². The first kappa shape index (κ1) is 21.0. The molecule has 0 amide bonds. The summed E-state index contributed by atoms with van der Waals surface area (Å²) in [5.41, 5.74) is 2.24. The zero-order valence-electron chi connectivity index (χ0n) is 15.5. The Bertz CT molecular complexity index is 1110. The maximum Gasteiger partial charge on any atom is 0.244 e. The van der Waals surface area contributed by atoms with E-state index in [1.54, 1.807) is 33.8 Å². The number of piperazine rings is 1. The van der Waals surface area contributed by atoms with Crippen molar-refractivity contribution in [1.82, 2.24) is 9.29 Å². The number of hydrogen-bond donors (Lipinski definition) is 0. The molecule has 1 aliphatic heterocycles. The minimum absolute atomic E-state index is 0.319. The number of anilines is 1. The Balaban J connectivity index is 1.41. The Morgan fingerprint density at radius 1 is 1.00 bits per heavy atom. The van der Waals surface area contributed by atoms with E-state index < -0.39 is 10.0 Å². The van der Waals surface area contributed by atoms with Crippen LogP contribution < -0.4 is 4.90 Å². The molecule has 0 unspecified atom stereocenters. The maximum absolute atomic E-state index is 12.9. The molecule has 2 aromatic carbocycles. The van der Waals surface area contributed by atoms with Crippen LogP contribution in [-0.4, -0.2) is 43.9 Å². The van der Waals surface area contributed by atoms with Gasteiger partial charge in [0.05, 0.1) is 10.6 Å². The summed E-state index contributed by atoms with van der Waals surface area (Å²) in [7, 11) is -3.50. The molecule has 0 N–H and O–H groups in total. The average Bonchev–Trinajstić information content (AvgIpc) is 3.17. The van der Waals surface area contributed by atoms with E-state index in [9.17, 15) is 8.42 Å². The Morgan fingerprint density at radius 2 is 1.76 bits per heavy atom. The molecule has 3 aromatic rings. The number of benzene rings is 2. The van der Waals surface area contributed by atoms with Crippen LogP contribution in [0.5, 0.6) is 0 Å². The second-order valence-electron chi connectivity index (χ2n) is 6.75. The molecular weight excluding hydrogens is 538 g/mol. The molecule has 4 rings (SSSR count). The second kappa shape index (κ2) is 8.85. The maximum atomic E-state index is 12.9. The molecule has 2 heterocycles. The lowest BCUT2D eigenvalue weighted by Crippen LogP contribution is -2.48. The van der Waals surface area contributed by atoms with Crippen molar-refractivity contribution in [2.75, 3.05) is 31.1 Å². The fourth-order valence-electron chi connectivity index (χ4n) is 3.29. The highest BCUT2D eigenvalue weighted by molar-refractivity contribution is 9.10. The molecule has 5 nitrogen and oxygen atoms in total. The van der Waals surface area contributed by atoms with Gasteiger partial charge in [0.25, 0.3) is 0 Å². The normalized spacial score (nSPS) is 15.6. The van der Waals surface area contributed by atoms with Gasteiger partial charge in [0.15, 0.2) is 5.13 Å². The number of aromatic nitrogens is 1. The summed E-state index contributed by atoms with van der Waals surface area (Å²) >= 11 is 8.47. The number of rotatable bonds is 5. The van der Waals surface area contributed by atoms with Crippen LogP contribution in [0.4, 0.5) is 5.13 Å². The summed E-state index contributed by atoms with van der Waals surface area (Å²) in [5.74, 6) is 0. The Labute approximate surface area is 191 Å². The van der Waals surface area contributed by atoms with Gasteiger partial charge in [-0.05, 0) is 45.8 Å². The number of hydrogen-bond acceptors (Lipinski definition) is 5. The standard InChI is InChI=1S/C20H19Br2N3O2S2/c21-16-5-3-4-15(12-16)13-17-14-28-20(23-17)24-8-10-25(11-9-24)29(26,27)19-7-2-1-6-18(19)22/h1-7,12,14H,8-11,13H2. The molecule has 0 saturated carbocycles. The first-order valence-electron chi connectivity index (χ1n) is 9.12. The number of sulfonamides is 1. The molecule has 152 valence electrons. The summed E-state index contributed by atoms with van der Waals surface area (Å²) in [6.45, 7) is 2.16. The van der Waals surface area contributed by atoms with Crippen molar-refractivity contribution >= 4 is 58.4 Å². The topological polar surface area (TPSA) is 53.5 Å². The van der Waals surface area contributed by atoms with Gasteiger partial charge in [0.2, 0.25) is 10.0 Å². The second-order valence-corrected chi connectivity index (χ2v) is 11.3. The number of halogens is 2. The van der Waals surface area contributed by atoms with Crippen LogP contribution in [0.3, 0.4) is 0 Å². The monoisotopic (exact) mass is 555 g/mol. The van der Waals surface area contributed by atoms with Gasteiger partial charge in [0.1, 0.15) is 0 Å². The van der Waals surface area contributed by atoms with Gasteiger partial charge >= 0.3 is 0 Å². The molecule has 0 atom stereocenters. The van der Waals surface area contributed by atoms with Crippen molar-refractivity contribution in [3.8, 4) is 0 Å². The van der Waals surface area contributed by atoms with Gasteiger partial charge in [0, 0.05) is 46.9 Å². The fraction of sp³-hybridized carbons (Fsp3) is 0.250. The first-order chi connectivity index (χ1) is 13.9. The first-order valence-corrected chi connectivity index (χ1v) is 13.0. The molecule has 9 heteroatoms. The summed E-state index contributed by atoms with van der Waals surface area (Å²) in [6.07, 6.45) is 0.784. The Hall–Kier alpha value is -1.26. The summed E-state index contributed by atoms with van der Waals surface area (Å²) < 4.78 is 29.1. The molecule has 0 aliphatic carbocycles. The fourth-order valence-corrected chi connectivity index (χ4v) is 7.00. The van der Waals surface area contributed by atoms with Gasteiger partial charge in [-0.1, -0.05) is 40.2 Å². The van der Waals surface area contributed by atoms with E-state index in [0.29, 0.717) is 35.5 Å². The Kier molecular flexibility index (Phi) is 6.41. The van der Waals surface area contributed by atoms with Crippen molar-refractivity contribution in [3.05, 3.63) is 74.1 Å². The third kappa shape index (κ3) is 4.74. The molecule has 1 aliphatic rings. The zero-order valence-corrected chi connectivity index (χ0v) is 20.3. The molecule has 1 aromatic heterocycles. The molecule has 1 fully saturated rings. The number of thiazole rings is 1. The van der Waals surface area contributed by atoms with E-state index in [0.717, 1.165) is 21.7 Å². The summed E-state index contributed by atoms with van der Waals surface area (Å²) in [5, 5.41) is 3.04. The third-order valence-corrected chi connectivity index (χ3v) is 9.13. The average molecular weight is 557 g/mol. The molecular formula is C20H19Br2N3O2S2. The van der Waals surface area contributed by atoms with Gasteiger partial charge in [-0.2, -0.15) is 4.31 Å². The smallest absolute Gasteiger partial charge is 0.244 e. The highest BCUT2D eigenvalue weighted by atomic mass is 79.9. The van der Waals surface area contributed by atoms with E-state index in [-0.39, 0.29) is 0 Å². The van der Waals surface area contributed by atoms with E-state index in [1.807, 2.05) is 18.2 Å². The molecule has 0 bridgehead atoms. The van der Waals surface area contributed by atoms with Crippen LogP contribution in [0.25, 0.3) is 0 Å². The molecule has 0 radical (unpaired) electrons. The van der Waals surface area contributed by atoms with Crippen molar-refractivity contribution in [2.45, 2.75) is 11.3 Å². The van der Waals surface area contributed by atoms with E-state index >= 15 is 0 Å². The largest absolute Gasteiger partial charge is 0.345 e. The highest BCUT2D eigenvalue weighted by Gasteiger charge is 2.30. The van der Waals surface area contributed by atoms with Crippen LogP contribution in [-0.2, 0) is 16.4 Å². The third-order valence-electron chi connectivity index (χ3n) is 4.78. The van der Waals surface area contributed by atoms with E-state index in [2.05, 4.69) is 54.3 Å². The quantitative estimate of drug-likeness (QED) is 0.454. The van der Waals surface area contributed by atoms with E-state index in [1.165, 1.54) is 5.56 Å². The molecule has 1 saturated heterocycles. The minimum Gasteiger partial charge on any atom is -0.345 e. The van der Waals surface area contributed by atoms with Crippen LogP contribution in [0.1, 0.15) is 11.3 Å². The summed E-state index contributed by atoms with van der Waals surface area (Å²) in [6, 6.07) is 15.2. The lowest BCUT2D eigenvalue weighted by molar-refractivity contribution is 0.384. The predicted molar refractivity (Wildman–Crippen MR) is 124 cm³/mol. The van der Waals surface area contributed by atoms with Crippen LogP contribution in [0.2, 0.25) is 0 Å². The van der Waals surface area contributed by atoms with Crippen molar-refractivity contribution in [1.29, 1.82) is 0 Å². The van der Waals surface area contributed by atoms with Crippen LogP contribution in [0, 0.1) is 0 Å².